The van der Waals surface area contributed by atoms with Crippen molar-refractivity contribution in [2.45, 2.75) is 65.5 Å². The van der Waals surface area contributed by atoms with Crippen molar-refractivity contribution in [3.05, 3.63) is 57.8 Å². The Morgan fingerprint density at radius 2 is 1.93 bits per heavy atom. The highest BCUT2D eigenvalue weighted by Gasteiger charge is 2.40. The van der Waals surface area contributed by atoms with Crippen LogP contribution in [-0.4, -0.2) is 38.6 Å². The summed E-state index contributed by atoms with van der Waals surface area (Å²) >= 11 is 0. The van der Waals surface area contributed by atoms with E-state index in [9.17, 15) is 14.7 Å². The molecule has 1 aliphatic carbocycles. The van der Waals surface area contributed by atoms with Gasteiger partial charge in [0.1, 0.15) is 5.82 Å². The molecule has 1 N–H and O–H groups in total. The summed E-state index contributed by atoms with van der Waals surface area (Å²) in [6.07, 6.45) is 15.2. The number of hydrogen-bond acceptors (Lipinski definition) is 4. The molecule has 0 saturated heterocycles. The molecule has 1 saturated carbocycles. The van der Waals surface area contributed by atoms with Crippen molar-refractivity contribution >= 4 is 5.91 Å². The van der Waals surface area contributed by atoms with Gasteiger partial charge in [0.2, 0.25) is 5.75 Å². The van der Waals surface area contributed by atoms with Gasteiger partial charge in [-0.15, -0.1) is 0 Å². The molecule has 6 heteroatoms. The maximum absolute atomic E-state index is 12.8. The van der Waals surface area contributed by atoms with Crippen molar-refractivity contribution in [3.63, 3.8) is 0 Å². The van der Waals surface area contributed by atoms with Crippen LogP contribution in [-0.2, 0) is 13.0 Å². The molecule has 1 fully saturated rings. The molecule has 6 nitrogen and oxygen atoms in total. The van der Waals surface area contributed by atoms with Crippen molar-refractivity contribution in [2.75, 3.05) is 7.05 Å². The SMILES string of the molecule is CC=C/C(=C\C=C/C)C1(Cc2nc(=O)c(O)c3n2CC(C)N(C)C3=O)CCCC1. The van der Waals surface area contributed by atoms with Gasteiger partial charge in [0.05, 0.1) is 0 Å². The van der Waals surface area contributed by atoms with Crippen LogP contribution >= 0.6 is 0 Å². The first kappa shape index (κ1) is 21.1. The molecule has 3 rings (SSSR count). The van der Waals surface area contributed by atoms with Crippen molar-refractivity contribution in [2.24, 2.45) is 5.41 Å². The molecule has 1 aliphatic heterocycles. The topological polar surface area (TPSA) is 75.4 Å². The first-order valence-corrected chi connectivity index (χ1v) is 10.4. The fraction of sp³-hybridized carbons (Fsp3) is 0.522. The minimum Gasteiger partial charge on any atom is -0.501 e. The maximum Gasteiger partial charge on any atom is 0.315 e. The van der Waals surface area contributed by atoms with E-state index in [1.165, 1.54) is 5.57 Å². The van der Waals surface area contributed by atoms with E-state index < -0.39 is 11.3 Å². The summed E-state index contributed by atoms with van der Waals surface area (Å²) in [4.78, 5) is 31.0. The monoisotopic (exact) mass is 397 g/mol. The molecule has 2 heterocycles. The summed E-state index contributed by atoms with van der Waals surface area (Å²) in [5.74, 6) is -0.286. The Hall–Kier alpha value is -2.63. The number of hydrogen-bond donors (Lipinski definition) is 1. The fourth-order valence-electron chi connectivity index (χ4n) is 4.60. The second-order valence-corrected chi connectivity index (χ2v) is 8.22. The average Bonchev–Trinajstić information content (AvgIpc) is 3.16. The van der Waals surface area contributed by atoms with Crippen molar-refractivity contribution in [3.8, 4) is 5.75 Å². The standard InChI is InChI=1S/C23H31N3O3/c1-5-7-11-17(10-6-2)23(12-8-9-13-23)14-18-24-21(28)20(27)19-22(29)25(4)16(3)15-26(18)19/h5-7,10-11,16,27H,8-9,12-15H2,1-4H3/b7-5-,10-6?,17-11+. The van der Waals surface area contributed by atoms with Crippen LogP contribution in [0.5, 0.6) is 5.75 Å². The number of likely N-dealkylation sites (N-methyl/N-ethyl adjacent to an activating group) is 1. The lowest BCUT2D eigenvalue weighted by Gasteiger charge is -2.36. The normalized spacial score (nSPS) is 22.1. The third-order valence-electron chi connectivity index (χ3n) is 6.35. The minimum atomic E-state index is -0.722. The van der Waals surface area contributed by atoms with Gasteiger partial charge in [0.15, 0.2) is 5.69 Å². The quantitative estimate of drug-likeness (QED) is 0.770. The summed E-state index contributed by atoms with van der Waals surface area (Å²) in [5.41, 5.74) is 0.442. The van der Waals surface area contributed by atoms with E-state index in [1.807, 2.05) is 39.0 Å². The molecule has 2 aliphatic rings. The van der Waals surface area contributed by atoms with Crippen LogP contribution in [0, 0.1) is 5.41 Å². The Morgan fingerprint density at radius 1 is 1.24 bits per heavy atom. The van der Waals surface area contributed by atoms with Gasteiger partial charge in [-0.25, -0.2) is 0 Å². The van der Waals surface area contributed by atoms with Crippen LogP contribution in [0.2, 0.25) is 0 Å². The van der Waals surface area contributed by atoms with Crippen LogP contribution in [0.4, 0.5) is 0 Å². The van der Waals surface area contributed by atoms with Gasteiger partial charge in [-0.1, -0.05) is 43.2 Å². The zero-order valence-electron chi connectivity index (χ0n) is 17.8. The van der Waals surface area contributed by atoms with Gasteiger partial charge in [-0.05, 0) is 39.2 Å². The van der Waals surface area contributed by atoms with E-state index in [-0.39, 0.29) is 23.1 Å². The molecule has 0 spiro atoms. The minimum absolute atomic E-state index is 0.0365. The number of carbonyl (C=O) groups excluding carboxylic acids is 1. The molecule has 0 aromatic carbocycles. The molecule has 1 amide bonds. The summed E-state index contributed by atoms with van der Waals surface area (Å²) in [5, 5.41) is 10.3. The summed E-state index contributed by atoms with van der Waals surface area (Å²) in [7, 11) is 1.70. The predicted molar refractivity (Wildman–Crippen MR) is 114 cm³/mol. The molecule has 0 radical (unpaired) electrons. The van der Waals surface area contributed by atoms with E-state index >= 15 is 0 Å². The second-order valence-electron chi connectivity index (χ2n) is 8.22. The highest BCUT2D eigenvalue weighted by atomic mass is 16.3. The molecule has 0 bridgehead atoms. The first-order valence-electron chi connectivity index (χ1n) is 10.4. The number of carbonyl (C=O) groups is 1. The third kappa shape index (κ3) is 3.80. The van der Waals surface area contributed by atoms with Crippen LogP contribution in [0.15, 0.2) is 40.7 Å². The molecule has 1 unspecified atom stereocenters. The Kier molecular flexibility index (Phi) is 6.10. The number of fused-ring (bicyclic) bond motifs is 1. The number of amides is 1. The van der Waals surface area contributed by atoms with Crippen molar-refractivity contribution in [1.29, 1.82) is 0 Å². The lowest BCUT2D eigenvalue weighted by Crippen LogP contribution is -2.46. The lowest BCUT2D eigenvalue weighted by molar-refractivity contribution is 0.0660. The number of allylic oxidation sites excluding steroid dienone is 6. The fourth-order valence-corrected chi connectivity index (χ4v) is 4.60. The first-order chi connectivity index (χ1) is 13.8. The summed E-state index contributed by atoms with van der Waals surface area (Å²) in [6, 6.07) is -0.0365. The molecule has 1 aromatic heterocycles. The lowest BCUT2D eigenvalue weighted by atomic mass is 9.74. The van der Waals surface area contributed by atoms with E-state index in [2.05, 4.69) is 17.1 Å². The average molecular weight is 398 g/mol. The number of nitrogens with zero attached hydrogens (tertiary/aromatic N) is 3. The zero-order chi connectivity index (χ0) is 21.2. The van der Waals surface area contributed by atoms with E-state index in [0.29, 0.717) is 18.8 Å². The van der Waals surface area contributed by atoms with Gasteiger partial charge < -0.3 is 14.6 Å². The Balaban J connectivity index is 2.15. The molecular formula is C23H31N3O3. The van der Waals surface area contributed by atoms with Crippen LogP contribution in [0.1, 0.15) is 62.8 Å². The highest BCUT2D eigenvalue weighted by Crippen LogP contribution is 2.47. The smallest absolute Gasteiger partial charge is 0.315 e. The van der Waals surface area contributed by atoms with Gasteiger partial charge >= 0.3 is 5.56 Å². The Labute approximate surface area is 172 Å². The number of aromatic hydroxyl groups is 1. The van der Waals surface area contributed by atoms with Gasteiger partial charge in [0, 0.05) is 31.5 Å². The number of rotatable bonds is 5. The molecule has 29 heavy (non-hydrogen) atoms. The van der Waals surface area contributed by atoms with Crippen LogP contribution in [0.3, 0.4) is 0 Å². The van der Waals surface area contributed by atoms with Crippen LogP contribution in [0.25, 0.3) is 0 Å². The van der Waals surface area contributed by atoms with Gasteiger partial charge in [0.25, 0.3) is 5.91 Å². The van der Waals surface area contributed by atoms with Crippen molar-refractivity contribution < 1.29 is 9.90 Å². The molecular weight excluding hydrogens is 366 g/mol. The second kappa shape index (κ2) is 8.39. The maximum atomic E-state index is 12.8. The summed E-state index contributed by atoms with van der Waals surface area (Å²) < 4.78 is 1.77. The third-order valence-corrected chi connectivity index (χ3v) is 6.35. The van der Waals surface area contributed by atoms with E-state index in [1.54, 1.807) is 16.5 Å². The Morgan fingerprint density at radius 3 is 2.55 bits per heavy atom. The largest absolute Gasteiger partial charge is 0.501 e. The van der Waals surface area contributed by atoms with Gasteiger partial charge in [-0.3, -0.25) is 9.59 Å². The molecule has 156 valence electrons. The van der Waals surface area contributed by atoms with E-state index in [0.717, 1.165) is 25.7 Å². The Bertz CT molecular complexity index is 933. The van der Waals surface area contributed by atoms with E-state index in [4.69, 9.17) is 0 Å². The highest BCUT2D eigenvalue weighted by molar-refractivity contribution is 5.95. The molecule has 1 atom stereocenters. The summed E-state index contributed by atoms with van der Waals surface area (Å²) in [6.45, 7) is 6.48. The van der Waals surface area contributed by atoms with Crippen LogP contribution < -0.4 is 5.56 Å². The zero-order valence-corrected chi connectivity index (χ0v) is 17.8. The number of aromatic nitrogens is 2. The van der Waals surface area contributed by atoms with Gasteiger partial charge in [-0.2, -0.15) is 4.98 Å². The van der Waals surface area contributed by atoms with Crippen molar-refractivity contribution in [1.82, 2.24) is 14.5 Å². The predicted octanol–water partition coefficient (Wildman–Crippen LogP) is 3.60. The molecule has 1 aromatic rings.